The summed E-state index contributed by atoms with van der Waals surface area (Å²) >= 11 is 0. The van der Waals surface area contributed by atoms with E-state index in [0.717, 1.165) is 10.5 Å². The van der Waals surface area contributed by atoms with Gasteiger partial charge in [0.15, 0.2) is 0 Å². The van der Waals surface area contributed by atoms with Crippen LogP contribution in [0.4, 0.5) is 9.18 Å². The fraction of sp³-hybridized carbons (Fsp3) is 0.556. The smallest absolute Gasteiger partial charge is 0.407 e. The summed E-state index contributed by atoms with van der Waals surface area (Å²) in [5, 5.41) is 15.9. The Morgan fingerprint density at radius 2 is 1.80 bits per heavy atom. The molecule has 0 radical (unpaired) electrons. The van der Waals surface area contributed by atoms with E-state index in [2.05, 4.69) is 15.5 Å². The third-order valence-electron chi connectivity index (χ3n) is 9.42. The molecular formula is C36H48FN5O7. The maximum Gasteiger partial charge on any atom is 0.407 e. The molecule has 3 heterocycles. The first-order chi connectivity index (χ1) is 23.3. The summed E-state index contributed by atoms with van der Waals surface area (Å²) in [6, 6.07) is 8.99. The molecule has 6 atom stereocenters. The van der Waals surface area contributed by atoms with Gasteiger partial charge >= 0.3 is 6.09 Å². The summed E-state index contributed by atoms with van der Waals surface area (Å²) in [7, 11) is 0. The van der Waals surface area contributed by atoms with Gasteiger partial charge in [0.2, 0.25) is 11.8 Å². The maximum absolute atomic E-state index is 14.7. The molecular weight excluding hydrogens is 633 g/mol. The van der Waals surface area contributed by atoms with E-state index in [1.807, 2.05) is 52.0 Å². The Hall–Kier alpha value is -4.23. The molecule has 3 aliphatic rings. The molecule has 3 N–H and O–H groups in total. The molecule has 2 fully saturated rings. The van der Waals surface area contributed by atoms with Crippen LogP contribution in [0.1, 0.15) is 70.7 Å². The highest BCUT2D eigenvalue weighted by atomic mass is 19.1. The number of carboxylic acid groups (broad SMARTS) is 1. The van der Waals surface area contributed by atoms with Crippen LogP contribution < -0.4 is 15.4 Å². The Morgan fingerprint density at radius 3 is 2.47 bits per heavy atom. The first kappa shape index (κ1) is 36.1. The molecule has 13 heteroatoms. The zero-order chi connectivity index (χ0) is 35.5. The summed E-state index contributed by atoms with van der Waals surface area (Å²) in [6.45, 7) is 11.1. The minimum Gasteiger partial charge on any atom is -0.493 e. The molecule has 0 bridgehead atoms. The highest BCUT2D eigenvalue weighted by molar-refractivity contribution is 5.94. The number of carbonyl (C=O) groups excluding carboxylic acids is 3. The second-order valence-electron chi connectivity index (χ2n) is 14.3. The van der Waals surface area contributed by atoms with Crippen LogP contribution in [0, 0.1) is 11.2 Å². The normalized spacial score (nSPS) is 23.3. The molecule has 0 aromatic heterocycles. The topological polar surface area (TPSA) is 141 Å². The lowest BCUT2D eigenvalue weighted by molar-refractivity contribution is -0.148. The van der Waals surface area contributed by atoms with Crippen LogP contribution in [0.2, 0.25) is 0 Å². The van der Waals surface area contributed by atoms with E-state index >= 15 is 0 Å². The minimum absolute atomic E-state index is 0.0469. The number of hydrogen-bond acceptors (Lipinski definition) is 7. The lowest BCUT2D eigenvalue weighted by Crippen LogP contribution is -2.64. The lowest BCUT2D eigenvalue weighted by atomic mass is 9.95. The number of fused-ring (bicyclic) bond motifs is 2. The Balaban J connectivity index is 1.45. The molecule has 0 unspecified atom stereocenters. The minimum atomic E-state index is -1.31. The molecule has 2 saturated heterocycles. The number of hydrogen-bond donors (Lipinski definition) is 3. The highest BCUT2D eigenvalue weighted by Crippen LogP contribution is 2.33. The first-order valence-corrected chi connectivity index (χ1v) is 17.0. The molecule has 0 aliphatic carbocycles. The summed E-state index contributed by atoms with van der Waals surface area (Å²) in [5.74, 6) is -1.40. The van der Waals surface area contributed by atoms with E-state index in [0.29, 0.717) is 43.9 Å². The summed E-state index contributed by atoms with van der Waals surface area (Å²) in [6.07, 6.45) is -0.0861. The summed E-state index contributed by atoms with van der Waals surface area (Å²) < 4.78 is 25.8. The molecule has 266 valence electrons. The van der Waals surface area contributed by atoms with Gasteiger partial charge in [-0.3, -0.25) is 24.2 Å². The van der Waals surface area contributed by atoms with Gasteiger partial charge in [-0.05, 0) is 49.4 Å². The molecule has 5 rings (SSSR count). The number of piperazine rings is 1. The molecule has 12 nitrogen and oxygen atoms in total. The second kappa shape index (κ2) is 15.1. The quantitative estimate of drug-likeness (QED) is 0.345. The lowest BCUT2D eigenvalue weighted by Gasteiger charge is -2.44. The van der Waals surface area contributed by atoms with Gasteiger partial charge in [0.05, 0.1) is 18.8 Å². The van der Waals surface area contributed by atoms with Crippen molar-refractivity contribution < 1.29 is 38.1 Å². The number of carbonyl (C=O) groups is 4. The maximum atomic E-state index is 14.7. The first-order valence-electron chi connectivity index (χ1n) is 17.0. The van der Waals surface area contributed by atoms with E-state index in [1.165, 1.54) is 36.1 Å². The van der Waals surface area contributed by atoms with Crippen molar-refractivity contribution in [2.75, 3.05) is 39.4 Å². The fourth-order valence-corrected chi connectivity index (χ4v) is 7.01. The zero-order valence-corrected chi connectivity index (χ0v) is 28.9. The standard InChI is InChI=1S/C36H48FN5O7/c1-6-48-26-17-25-18-41(29(20-40(25)19-26)33(44)38-28-15-16-49-30-10-8-7-9-27(28)30)34(45)31(23-11-13-24(37)14-12-23)39-32(43)22(2)42(35(46)47)21-36(3,4)5/h7-14,22,25-26,28-29,31H,6,15-21H2,1-5H3,(H,38,44)(H,39,43)(H,46,47)/t22-,25+,26+,28+,29-,31-/m0/s1. The van der Waals surface area contributed by atoms with Crippen LogP contribution in [-0.2, 0) is 19.1 Å². The third kappa shape index (κ3) is 8.50. The van der Waals surface area contributed by atoms with E-state index in [4.69, 9.17) is 9.47 Å². The van der Waals surface area contributed by atoms with Crippen molar-refractivity contribution in [3.05, 3.63) is 65.5 Å². The highest BCUT2D eigenvalue weighted by Gasteiger charge is 2.47. The number of nitrogens with zero attached hydrogens (tertiary/aromatic N) is 3. The fourth-order valence-electron chi connectivity index (χ4n) is 7.01. The molecule has 2 aromatic rings. The van der Waals surface area contributed by atoms with Gasteiger partial charge in [-0.1, -0.05) is 51.1 Å². The van der Waals surface area contributed by atoms with Gasteiger partial charge in [-0.25, -0.2) is 9.18 Å². The van der Waals surface area contributed by atoms with Crippen LogP contribution in [0.5, 0.6) is 5.75 Å². The van der Waals surface area contributed by atoms with Gasteiger partial charge in [-0.15, -0.1) is 0 Å². The Labute approximate surface area is 286 Å². The van der Waals surface area contributed by atoms with Gasteiger partial charge in [0.25, 0.3) is 5.91 Å². The van der Waals surface area contributed by atoms with Crippen LogP contribution in [0.25, 0.3) is 0 Å². The summed E-state index contributed by atoms with van der Waals surface area (Å²) in [4.78, 5) is 59.6. The predicted octanol–water partition coefficient (Wildman–Crippen LogP) is 3.73. The van der Waals surface area contributed by atoms with Gasteiger partial charge < -0.3 is 30.1 Å². The van der Waals surface area contributed by atoms with Gasteiger partial charge in [-0.2, -0.15) is 0 Å². The number of rotatable bonds is 10. The van der Waals surface area contributed by atoms with Crippen molar-refractivity contribution in [1.29, 1.82) is 0 Å². The SMILES string of the molecule is CCO[C@@H]1C[C@@H]2CN(C(=O)[C@@H](NC(=O)[C@H](C)N(CC(C)(C)C)C(=O)O)c3ccc(F)cc3)[C@H](C(=O)N[C@@H]3CCOc4ccccc43)CN2C1. The van der Waals surface area contributed by atoms with E-state index in [1.54, 1.807) is 0 Å². The molecule has 0 saturated carbocycles. The Morgan fingerprint density at radius 1 is 1.08 bits per heavy atom. The predicted molar refractivity (Wildman–Crippen MR) is 179 cm³/mol. The third-order valence-corrected chi connectivity index (χ3v) is 9.42. The van der Waals surface area contributed by atoms with Crippen LogP contribution in [0.3, 0.4) is 0 Å². The van der Waals surface area contributed by atoms with E-state index in [9.17, 15) is 28.7 Å². The average molecular weight is 682 g/mol. The number of para-hydroxylation sites is 1. The molecule has 49 heavy (non-hydrogen) atoms. The largest absolute Gasteiger partial charge is 0.493 e. The van der Waals surface area contributed by atoms with Crippen LogP contribution in [0.15, 0.2) is 48.5 Å². The van der Waals surface area contributed by atoms with Crippen molar-refractivity contribution in [2.45, 2.75) is 83.8 Å². The second-order valence-corrected chi connectivity index (χ2v) is 14.3. The van der Waals surface area contributed by atoms with E-state index < -0.39 is 47.3 Å². The Bertz CT molecular complexity index is 1520. The van der Waals surface area contributed by atoms with Crippen molar-refractivity contribution in [1.82, 2.24) is 25.3 Å². The van der Waals surface area contributed by atoms with Crippen molar-refractivity contribution >= 4 is 23.8 Å². The van der Waals surface area contributed by atoms with Gasteiger partial charge in [0, 0.05) is 50.8 Å². The number of nitrogens with one attached hydrogen (secondary N) is 2. The molecule has 4 amide bonds. The monoisotopic (exact) mass is 681 g/mol. The number of halogens is 1. The number of ether oxygens (including phenoxy) is 2. The zero-order valence-electron chi connectivity index (χ0n) is 28.9. The van der Waals surface area contributed by atoms with Crippen molar-refractivity contribution in [3.63, 3.8) is 0 Å². The van der Waals surface area contributed by atoms with Crippen LogP contribution >= 0.6 is 0 Å². The molecule has 0 spiro atoms. The Kier molecular flexibility index (Phi) is 11.1. The average Bonchev–Trinajstić information content (AvgIpc) is 3.46. The van der Waals surface area contributed by atoms with Crippen LogP contribution in [-0.4, -0.2) is 107 Å². The van der Waals surface area contributed by atoms with Gasteiger partial charge in [0.1, 0.15) is 29.7 Å². The van der Waals surface area contributed by atoms with E-state index in [-0.39, 0.29) is 43.7 Å². The number of amides is 4. The van der Waals surface area contributed by atoms with Crippen molar-refractivity contribution in [3.8, 4) is 5.75 Å². The number of benzene rings is 2. The molecule has 3 aliphatic heterocycles. The van der Waals surface area contributed by atoms with Crippen molar-refractivity contribution in [2.24, 2.45) is 5.41 Å². The summed E-state index contributed by atoms with van der Waals surface area (Å²) in [5.41, 5.74) is 0.725. The molecule has 2 aromatic carbocycles.